The number of carbonyl (C=O) groups is 1. The van der Waals surface area contributed by atoms with E-state index in [0.29, 0.717) is 43.2 Å². The SMILES string of the molecule is CCOCCn1c(=NC(=O)c2ccc(S(=O)(=O)N(CC(C)C)CC(C)C)cc2)sc2cc(C)c(C)cc21. The number of thiazole rings is 1. The van der Waals surface area contributed by atoms with Crippen molar-refractivity contribution in [2.45, 2.75) is 59.9 Å². The summed E-state index contributed by atoms with van der Waals surface area (Å²) in [6, 6.07) is 10.4. The van der Waals surface area contributed by atoms with Gasteiger partial charge < -0.3 is 9.30 Å². The van der Waals surface area contributed by atoms with Crippen molar-refractivity contribution in [3.05, 3.63) is 57.9 Å². The van der Waals surface area contributed by atoms with Gasteiger partial charge in [0.25, 0.3) is 5.91 Å². The van der Waals surface area contributed by atoms with E-state index in [0.717, 1.165) is 10.2 Å². The number of hydrogen-bond acceptors (Lipinski definition) is 5. The molecule has 9 heteroatoms. The van der Waals surface area contributed by atoms with Gasteiger partial charge in [-0.05, 0) is 80.1 Å². The summed E-state index contributed by atoms with van der Waals surface area (Å²) in [6.45, 7) is 16.7. The topological polar surface area (TPSA) is 81.0 Å². The minimum atomic E-state index is -3.66. The number of sulfonamides is 1. The molecule has 0 saturated heterocycles. The molecule has 0 radical (unpaired) electrons. The summed E-state index contributed by atoms with van der Waals surface area (Å²) in [5, 5.41) is 0. The fourth-order valence-corrected chi connectivity index (χ4v) is 6.98. The summed E-state index contributed by atoms with van der Waals surface area (Å²) >= 11 is 1.47. The van der Waals surface area contributed by atoms with E-state index in [1.165, 1.54) is 38.9 Å². The van der Waals surface area contributed by atoms with Gasteiger partial charge in [-0.15, -0.1) is 0 Å². The molecular weight excluding hydrogens is 506 g/mol. The third-order valence-electron chi connectivity index (χ3n) is 6.04. The number of fused-ring (bicyclic) bond motifs is 1. The van der Waals surface area contributed by atoms with E-state index in [9.17, 15) is 13.2 Å². The molecular formula is C28H39N3O4S2. The van der Waals surface area contributed by atoms with Gasteiger partial charge in [-0.25, -0.2) is 8.42 Å². The molecule has 0 atom stereocenters. The number of rotatable bonds is 11. The molecule has 0 aliphatic carbocycles. The number of carbonyl (C=O) groups excluding carboxylic acids is 1. The van der Waals surface area contributed by atoms with E-state index in [-0.39, 0.29) is 16.7 Å². The molecule has 0 bridgehead atoms. The number of aryl methyl sites for hydroxylation is 2. The van der Waals surface area contributed by atoms with Crippen molar-refractivity contribution in [3.63, 3.8) is 0 Å². The lowest BCUT2D eigenvalue weighted by atomic mass is 10.1. The average molecular weight is 546 g/mol. The molecule has 37 heavy (non-hydrogen) atoms. The van der Waals surface area contributed by atoms with Gasteiger partial charge in [0.15, 0.2) is 4.80 Å². The smallest absolute Gasteiger partial charge is 0.279 e. The Labute approximate surface area is 224 Å². The van der Waals surface area contributed by atoms with E-state index in [1.54, 1.807) is 12.1 Å². The van der Waals surface area contributed by atoms with E-state index in [1.807, 2.05) is 39.2 Å². The third-order valence-corrected chi connectivity index (χ3v) is 8.92. The lowest BCUT2D eigenvalue weighted by Gasteiger charge is -2.25. The highest BCUT2D eigenvalue weighted by molar-refractivity contribution is 7.89. The Morgan fingerprint density at radius 2 is 1.62 bits per heavy atom. The maximum atomic E-state index is 13.3. The van der Waals surface area contributed by atoms with Crippen LogP contribution in [-0.2, 0) is 21.3 Å². The van der Waals surface area contributed by atoms with Crippen LogP contribution in [-0.4, -0.2) is 49.5 Å². The summed E-state index contributed by atoms with van der Waals surface area (Å²) in [5.74, 6) is 0.00305. The zero-order valence-corrected chi connectivity index (χ0v) is 24.6. The molecule has 0 saturated carbocycles. The fraction of sp³-hybridized carbons (Fsp3) is 0.500. The van der Waals surface area contributed by atoms with Crippen molar-refractivity contribution in [3.8, 4) is 0 Å². The molecule has 7 nitrogen and oxygen atoms in total. The number of nitrogens with zero attached hydrogens (tertiary/aromatic N) is 3. The molecule has 1 aromatic heterocycles. The Morgan fingerprint density at radius 1 is 1.03 bits per heavy atom. The summed E-state index contributed by atoms with van der Waals surface area (Å²) < 4.78 is 36.8. The molecule has 0 N–H and O–H groups in total. The number of benzene rings is 2. The maximum Gasteiger partial charge on any atom is 0.279 e. The second kappa shape index (κ2) is 12.5. The first kappa shape index (κ1) is 29.2. The van der Waals surface area contributed by atoms with Crippen molar-refractivity contribution in [1.29, 1.82) is 0 Å². The zero-order valence-electron chi connectivity index (χ0n) is 22.9. The van der Waals surface area contributed by atoms with Gasteiger partial charge in [-0.3, -0.25) is 4.79 Å². The second-order valence-electron chi connectivity index (χ2n) is 10.2. The van der Waals surface area contributed by atoms with Crippen molar-refractivity contribution in [2.75, 3.05) is 26.3 Å². The molecule has 3 rings (SSSR count). The molecule has 3 aromatic rings. The van der Waals surface area contributed by atoms with Crippen LogP contribution >= 0.6 is 11.3 Å². The molecule has 0 aliphatic rings. The van der Waals surface area contributed by atoms with E-state index in [2.05, 4.69) is 31.0 Å². The molecule has 2 aromatic carbocycles. The molecule has 0 spiro atoms. The largest absolute Gasteiger partial charge is 0.380 e. The van der Waals surface area contributed by atoms with E-state index < -0.39 is 15.9 Å². The first-order chi connectivity index (χ1) is 17.4. The van der Waals surface area contributed by atoms with Crippen LogP contribution in [0.25, 0.3) is 10.2 Å². The Bertz CT molecular complexity index is 1390. The first-order valence-corrected chi connectivity index (χ1v) is 15.1. The summed E-state index contributed by atoms with van der Waals surface area (Å²) in [4.78, 5) is 18.3. The predicted molar refractivity (Wildman–Crippen MR) is 151 cm³/mol. The van der Waals surface area contributed by atoms with Crippen LogP contribution in [0.1, 0.15) is 56.1 Å². The minimum Gasteiger partial charge on any atom is -0.380 e. The van der Waals surface area contributed by atoms with Crippen LogP contribution < -0.4 is 4.80 Å². The fourth-order valence-electron chi connectivity index (χ4n) is 4.08. The van der Waals surface area contributed by atoms with Crippen LogP contribution in [0.4, 0.5) is 0 Å². The summed E-state index contributed by atoms with van der Waals surface area (Å²) in [7, 11) is -3.66. The van der Waals surface area contributed by atoms with Crippen LogP contribution in [0, 0.1) is 25.7 Å². The minimum absolute atomic E-state index is 0.185. The number of amides is 1. The highest BCUT2D eigenvalue weighted by Gasteiger charge is 2.26. The Kier molecular flexibility index (Phi) is 9.86. The number of ether oxygens (including phenoxy) is 1. The zero-order chi connectivity index (χ0) is 27.3. The lowest BCUT2D eigenvalue weighted by molar-refractivity contribution is 0.0996. The van der Waals surface area contributed by atoms with E-state index >= 15 is 0 Å². The Morgan fingerprint density at radius 3 is 2.19 bits per heavy atom. The quantitative estimate of drug-likeness (QED) is 0.302. The van der Waals surface area contributed by atoms with Crippen LogP contribution in [0.5, 0.6) is 0 Å². The first-order valence-electron chi connectivity index (χ1n) is 12.8. The predicted octanol–water partition coefficient (Wildman–Crippen LogP) is 5.40. The lowest BCUT2D eigenvalue weighted by Crippen LogP contribution is -2.37. The molecule has 0 aliphatic heterocycles. The van der Waals surface area contributed by atoms with E-state index in [4.69, 9.17) is 4.74 Å². The monoisotopic (exact) mass is 545 g/mol. The molecule has 0 fully saturated rings. The van der Waals surface area contributed by atoms with Crippen molar-refractivity contribution in [2.24, 2.45) is 16.8 Å². The van der Waals surface area contributed by atoms with Crippen molar-refractivity contribution < 1.29 is 17.9 Å². The summed E-state index contributed by atoms with van der Waals surface area (Å²) in [5.41, 5.74) is 3.73. The third kappa shape index (κ3) is 7.16. The van der Waals surface area contributed by atoms with Crippen LogP contribution in [0.2, 0.25) is 0 Å². The molecule has 0 unspecified atom stereocenters. The van der Waals surface area contributed by atoms with Crippen molar-refractivity contribution in [1.82, 2.24) is 8.87 Å². The number of hydrogen-bond donors (Lipinski definition) is 0. The van der Waals surface area contributed by atoms with Gasteiger partial charge in [0.1, 0.15) is 0 Å². The van der Waals surface area contributed by atoms with Gasteiger partial charge in [-0.1, -0.05) is 39.0 Å². The molecule has 1 amide bonds. The number of aromatic nitrogens is 1. The van der Waals surface area contributed by atoms with Gasteiger partial charge >= 0.3 is 0 Å². The Hall–Kier alpha value is -2.33. The average Bonchev–Trinajstić information content (AvgIpc) is 3.14. The van der Waals surface area contributed by atoms with Gasteiger partial charge in [0.05, 0.1) is 21.7 Å². The summed E-state index contributed by atoms with van der Waals surface area (Å²) in [6.07, 6.45) is 0. The van der Waals surface area contributed by atoms with Gasteiger partial charge in [0.2, 0.25) is 10.0 Å². The van der Waals surface area contributed by atoms with Crippen LogP contribution in [0.15, 0.2) is 46.3 Å². The highest BCUT2D eigenvalue weighted by atomic mass is 32.2. The van der Waals surface area contributed by atoms with Gasteiger partial charge in [0, 0.05) is 31.8 Å². The molecule has 1 heterocycles. The Balaban J connectivity index is 1.96. The normalized spacial score (nSPS) is 13.0. The maximum absolute atomic E-state index is 13.3. The molecule has 202 valence electrons. The van der Waals surface area contributed by atoms with Crippen molar-refractivity contribution >= 4 is 37.5 Å². The van der Waals surface area contributed by atoms with Crippen LogP contribution in [0.3, 0.4) is 0 Å². The highest BCUT2D eigenvalue weighted by Crippen LogP contribution is 2.23. The second-order valence-corrected chi connectivity index (χ2v) is 13.1. The van der Waals surface area contributed by atoms with Gasteiger partial charge in [-0.2, -0.15) is 9.30 Å². The standard InChI is InChI=1S/C28H39N3O4S2/c1-8-35-14-13-31-25-15-21(6)22(7)16-26(25)36-28(31)29-27(32)23-9-11-24(12-10-23)37(33,34)30(17-19(2)3)18-20(4)5/h9-12,15-16,19-20H,8,13-14,17-18H2,1-7H3.